The second kappa shape index (κ2) is 3.66. The topological polar surface area (TPSA) is 65.4 Å². The molecule has 2 N–H and O–H groups in total. The Bertz CT molecular complexity index is 504. The van der Waals surface area contributed by atoms with E-state index in [4.69, 9.17) is 10.5 Å². The number of imidazole rings is 1. The van der Waals surface area contributed by atoms with Gasteiger partial charge < -0.3 is 10.5 Å². The number of nitrogens with two attached hydrogens (primary N) is 1. The van der Waals surface area contributed by atoms with Gasteiger partial charge in [0.2, 0.25) is 5.65 Å². The number of hydrogen-bond donors (Lipinski definition) is 1. The summed E-state index contributed by atoms with van der Waals surface area (Å²) in [6, 6.07) is 0. The number of hydrogen-bond acceptors (Lipinski definition) is 4. The highest BCUT2D eigenvalue weighted by molar-refractivity contribution is 5.52. The third-order valence-corrected chi connectivity index (χ3v) is 2.82. The Morgan fingerprint density at radius 1 is 1.50 bits per heavy atom. The van der Waals surface area contributed by atoms with Crippen molar-refractivity contribution in [3.8, 4) is 5.88 Å². The second-order valence-electron chi connectivity index (χ2n) is 4.21. The second-order valence-corrected chi connectivity index (χ2v) is 4.21. The van der Waals surface area contributed by atoms with Crippen LogP contribution in [0.4, 0.5) is 5.82 Å². The smallest absolute Gasteiger partial charge is 0.260 e. The van der Waals surface area contributed by atoms with Crippen molar-refractivity contribution in [2.45, 2.75) is 19.3 Å². The number of nitrogen functional groups attached to an aromatic ring is 1. The zero-order valence-electron chi connectivity index (χ0n) is 8.97. The Hall–Kier alpha value is -1.78. The van der Waals surface area contributed by atoms with E-state index >= 15 is 0 Å². The van der Waals surface area contributed by atoms with E-state index in [1.54, 1.807) is 12.4 Å². The number of fused-ring (bicyclic) bond motifs is 1. The summed E-state index contributed by atoms with van der Waals surface area (Å²) in [4.78, 5) is 8.36. The predicted octanol–water partition coefficient (Wildman–Crippen LogP) is 1.49. The van der Waals surface area contributed by atoms with Gasteiger partial charge in [0.15, 0.2) is 0 Å². The minimum Gasteiger partial charge on any atom is -0.475 e. The van der Waals surface area contributed by atoms with Crippen molar-refractivity contribution in [3.63, 3.8) is 0 Å². The fraction of sp³-hybridized carbons (Fsp3) is 0.455. The van der Waals surface area contributed by atoms with Gasteiger partial charge in [-0.15, -0.1) is 0 Å². The van der Waals surface area contributed by atoms with Gasteiger partial charge in [-0.05, 0) is 12.3 Å². The van der Waals surface area contributed by atoms with E-state index in [9.17, 15) is 0 Å². The molecule has 2 aromatic rings. The molecule has 1 saturated carbocycles. The summed E-state index contributed by atoms with van der Waals surface area (Å²) in [7, 11) is 0. The summed E-state index contributed by atoms with van der Waals surface area (Å²) < 4.78 is 7.46. The van der Waals surface area contributed by atoms with Gasteiger partial charge in [0, 0.05) is 12.4 Å². The molecule has 2 heterocycles. The lowest BCUT2D eigenvalue weighted by Crippen LogP contribution is -2.04. The summed E-state index contributed by atoms with van der Waals surface area (Å²) >= 11 is 0. The van der Waals surface area contributed by atoms with Gasteiger partial charge in [-0.2, -0.15) is 4.98 Å². The monoisotopic (exact) mass is 218 g/mol. The lowest BCUT2D eigenvalue weighted by atomic mass is 10.3. The molecule has 0 radical (unpaired) electrons. The van der Waals surface area contributed by atoms with Gasteiger partial charge in [-0.25, -0.2) is 4.98 Å². The molecule has 0 aliphatic heterocycles. The summed E-state index contributed by atoms with van der Waals surface area (Å²) in [5, 5.41) is 0. The standard InChI is InChI=1S/C11H14N4O/c12-9-7-15-5-4-13-10(15)11(14-9)16-6-3-8-1-2-8/h4-5,7-8H,1-3,6,12H2. The van der Waals surface area contributed by atoms with E-state index in [0.717, 1.165) is 18.0 Å². The zero-order chi connectivity index (χ0) is 11.0. The number of aromatic nitrogens is 3. The van der Waals surface area contributed by atoms with E-state index in [1.807, 2.05) is 10.6 Å². The van der Waals surface area contributed by atoms with Crippen LogP contribution in [0, 0.1) is 5.92 Å². The predicted molar refractivity (Wildman–Crippen MR) is 60.2 cm³/mol. The van der Waals surface area contributed by atoms with Crippen molar-refractivity contribution in [1.29, 1.82) is 0 Å². The maximum absolute atomic E-state index is 5.69. The van der Waals surface area contributed by atoms with Crippen molar-refractivity contribution in [2.75, 3.05) is 12.3 Å². The maximum atomic E-state index is 5.69. The van der Waals surface area contributed by atoms with Crippen LogP contribution in [0.1, 0.15) is 19.3 Å². The molecule has 0 aromatic carbocycles. The van der Waals surface area contributed by atoms with Crippen molar-refractivity contribution in [3.05, 3.63) is 18.6 Å². The lowest BCUT2D eigenvalue weighted by molar-refractivity contribution is 0.293. The first-order valence-corrected chi connectivity index (χ1v) is 5.55. The van der Waals surface area contributed by atoms with E-state index in [2.05, 4.69) is 9.97 Å². The first kappa shape index (κ1) is 9.45. The van der Waals surface area contributed by atoms with Gasteiger partial charge >= 0.3 is 0 Å². The molecule has 0 saturated heterocycles. The van der Waals surface area contributed by atoms with Crippen LogP contribution < -0.4 is 10.5 Å². The fourth-order valence-corrected chi connectivity index (χ4v) is 1.75. The summed E-state index contributed by atoms with van der Waals surface area (Å²) in [6.07, 6.45) is 9.06. The molecule has 1 aliphatic carbocycles. The largest absolute Gasteiger partial charge is 0.475 e. The van der Waals surface area contributed by atoms with Crippen molar-refractivity contribution < 1.29 is 4.74 Å². The summed E-state index contributed by atoms with van der Waals surface area (Å²) in [5.74, 6) is 1.84. The van der Waals surface area contributed by atoms with Crippen molar-refractivity contribution >= 4 is 11.5 Å². The fourth-order valence-electron chi connectivity index (χ4n) is 1.75. The number of ether oxygens (including phenoxy) is 1. The summed E-state index contributed by atoms with van der Waals surface area (Å²) in [6.45, 7) is 0.698. The Morgan fingerprint density at radius 2 is 2.38 bits per heavy atom. The molecule has 84 valence electrons. The number of anilines is 1. The zero-order valence-corrected chi connectivity index (χ0v) is 8.97. The molecule has 3 rings (SSSR count). The highest BCUT2D eigenvalue weighted by Crippen LogP contribution is 2.32. The third-order valence-electron chi connectivity index (χ3n) is 2.82. The third kappa shape index (κ3) is 1.80. The van der Waals surface area contributed by atoms with Crippen LogP contribution in [0.25, 0.3) is 5.65 Å². The Labute approximate surface area is 93.3 Å². The maximum Gasteiger partial charge on any atom is 0.260 e. The first-order valence-electron chi connectivity index (χ1n) is 5.55. The summed E-state index contributed by atoms with van der Waals surface area (Å²) in [5.41, 5.74) is 6.41. The molecule has 0 bridgehead atoms. The van der Waals surface area contributed by atoms with Gasteiger partial charge in [0.1, 0.15) is 5.82 Å². The number of rotatable bonds is 4. The molecule has 1 fully saturated rings. The number of nitrogens with zero attached hydrogens (tertiary/aromatic N) is 3. The lowest BCUT2D eigenvalue weighted by Gasteiger charge is -2.06. The molecular weight excluding hydrogens is 204 g/mol. The SMILES string of the molecule is Nc1cn2ccnc2c(OCCC2CC2)n1. The van der Waals surface area contributed by atoms with Gasteiger partial charge in [-0.1, -0.05) is 12.8 Å². The van der Waals surface area contributed by atoms with E-state index < -0.39 is 0 Å². The van der Waals surface area contributed by atoms with Crippen LogP contribution in [0.2, 0.25) is 0 Å². The Morgan fingerprint density at radius 3 is 3.19 bits per heavy atom. The molecule has 1 aliphatic rings. The van der Waals surface area contributed by atoms with Crippen LogP contribution in [0.15, 0.2) is 18.6 Å². The highest BCUT2D eigenvalue weighted by Gasteiger charge is 2.21. The van der Waals surface area contributed by atoms with Crippen LogP contribution in [-0.2, 0) is 0 Å². The average molecular weight is 218 g/mol. The van der Waals surface area contributed by atoms with Crippen molar-refractivity contribution in [1.82, 2.24) is 14.4 Å². The van der Waals surface area contributed by atoms with Crippen LogP contribution in [0.3, 0.4) is 0 Å². The highest BCUT2D eigenvalue weighted by atomic mass is 16.5. The van der Waals surface area contributed by atoms with Gasteiger partial charge in [0.25, 0.3) is 5.88 Å². The minimum absolute atomic E-state index is 0.451. The molecular formula is C11H14N4O. The molecule has 0 amide bonds. The Kier molecular flexibility index (Phi) is 2.16. The van der Waals surface area contributed by atoms with Gasteiger partial charge in [-0.3, -0.25) is 4.40 Å². The van der Waals surface area contributed by atoms with E-state index in [0.29, 0.717) is 18.3 Å². The van der Waals surface area contributed by atoms with Crippen LogP contribution >= 0.6 is 0 Å². The molecule has 0 atom stereocenters. The quantitative estimate of drug-likeness (QED) is 0.844. The van der Waals surface area contributed by atoms with Crippen molar-refractivity contribution in [2.24, 2.45) is 5.92 Å². The normalized spacial score (nSPS) is 15.5. The van der Waals surface area contributed by atoms with Crippen LogP contribution in [-0.4, -0.2) is 21.0 Å². The van der Waals surface area contributed by atoms with E-state index in [-0.39, 0.29) is 0 Å². The molecule has 2 aromatic heterocycles. The first-order chi connectivity index (χ1) is 7.83. The average Bonchev–Trinajstić information content (AvgIpc) is 2.95. The Balaban J connectivity index is 1.80. The molecule has 5 nitrogen and oxygen atoms in total. The molecule has 16 heavy (non-hydrogen) atoms. The molecule has 0 unspecified atom stereocenters. The molecule has 5 heteroatoms. The molecule has 0 spiro atoms. The van der Waals surface area contributed by atoms with Gasteiger partial charge in [0.05, 0.1) is 12.8 Å². The van der Waals surface area contributed by atoms with Crippen LogP contribution in [0.5, 0.6) is 5.88 Å². The van der Waals surface area contributed by atoms with E-state index in [1.165, 1.54) is 12.8 Å². The minimum atomic E-state index is 0.451.